The molecule has 1 aromatic heterocycles. The number of nitrogens with one attached hydrogen (secondary N) is 3. The second kappa shape index (κ2) is 24.1. The number of aromatic nitrogens is 2. The van der Waals surface area contributed by atoms with Crippen LogP contribution in [-0.4, -0.2) is 144 Å². The van der Waals surface area contributed by atoms with E-state index in [0.29, 0.717) is 29.7 Å². The Balaban J connectivity index is 1.81. The van der Waals surface area contributed by atoms with E-state index in [9.17, 15) is 24.0 Å². The van der Waals surface area contributed by atoms with Crippen LogP contribution in [0.5, 0.6) is 0 Å². The molecule has 336 valence electrons. The molecule has 3 rings (SSSR count). The standard InChI is InChI=1S/C43H70N8O7S2/c1-14-27(6)36(50(10)41(56)34(25(2)3)45-40(55)35(26(4)5)49(8)9)32(57-11)24-33(52)51-22-18-21-31(51)37(58-12)28(7)38(53)44-30(23-29-19-16-15-17-20-29)39(54)46-42-47-43(59-13)48-60-42/h15-17,19-20,25-28,30-32,34-37H,14,18,21-24H2,1-13H3,(H,44,53)(H,45,55)(H,46,47,48,54)/t27-,28+,30-,31-,32+,34-,35-,36-,37+/m0/s1. The Morgan fingerprint density at radius 2 is 1.60 bits per heavy atom. The van der Waals surface area contributed by atoms with E-state index in [0.717, 1.165) is 23.5 Å². The summed E-state index contributed by atoms with van der Waals surface area (Å²) in [5.41, 5.74) is 0.868. The first-order chi connectivity index (χ1) is 28.4. The Morgan fingerprint density at radius 1 is 0.933 bits per heavy atom. The van der Waals surface area contributed by atoms with Gasteiger partial charge in [-0.25, -0.2) is 0 Å². The van der Waals surface area contributed by atoms with Gasteiger partial charge in [-0.3, -0.25) is 34.2 Å². The zero-order chi connectivity index (χ0) is 44.8. The van der Waals surface area contributed by atoms with E-state index in [4.69, 9.17) is 9.47 Å². The van der Waals surface area contributed by atoms with Crippen LogP contribution in [0.1, 0.15) is 79.7 Å². The number of rotatable bonds is 23. The fourth-order valence-electron chi connectivity index (χ4n) is 8.31. The van der Waals surface area contributed by atoms with Crippen LogP contribution in [-0.2, 0) is 39.9 Å². The van der Waals surface area contributed by atoms with Crippen LogP contribution >= 0.6 is 23.3 Å². The molecule has 1 fully saturated rings. The van der Waals surface area contributed by atoms with Gasteiger partial charge in [0.05, 0.1) is 42.7 Å². The number of thioether (sulfide) groups is 1. The predicted molar refractivity (Wildman–Crippen MR) is 238 cm³/mol. The van der Waals surface area contributed by atoms with Crippen LogP contribution in [0.2, 0.25) is 0 Å². The number of likely N-dealkylation sites (N-methyl/N-ethyl adjacent to an activating group) is 2. The van der Waals surface area contributed by atoms with Gasteiger partial charge in [0.2, 0.25) is 39.8 Å². The van der Waals surface area contributed by atoms with Gasteiger partial charge in [0, 0.05) is 45.8 Å². The number of anilines is 1. The highest BCUT2D eigenvalue weighted by molar-refractivity contribution is 7.98. The molecule has 9 atom stereocenters. The van der Waals surface area contributed by atoms with Gasteiger partial charge in [0.15, 0.2) is 0 Å². The number of carbonyl (C=O) groups is 5. The topological polar surface area (TPSA) is 175 Å². The number of benzene rings is 1. The van der Waals surface area contributed by atoms with Crippen LogP contribution in [0.15, 0.2) is 35.5 Å². The SMILES string of the molecule is CC[C@H](C)[C@@H]([C@@H](CC(=O)N1CCC[C@H]1[C@H](OC)[C@@H](C)C(=O)N[C@@H](Cc1ccccc1)C(=O)Nc1nc(SC)ns1)OC)N(C)C(=O)[C@@H](NC(=O)[C@H](C(C)C)N(C)C)C(C)C. The summed E-state index contributed by atoms with van der Waals surface area (Å²) in [6, 6.07) is 6.43. The van der Waals surface area contributed by atoms with Crippen molar-refractivity contribution in [2.45, 2.75) is 128 Å². The fourth-order valence-corrected chi connectivity index (χ4v) is 9.44. The average Bonchev–Trinajstić information content (AvgIpc) is 3.89. The first-order valence-corrected chi connectivity index (χ1v) is 23.0. The molecule has 0 unspecified atom stereocenters. The van der Waals surface area contributed by atoms with Crippen LogP contribution in [0.3, 0.4) is 0 Å². The quantitative estimate of drug-likeness (QED) is 0.134. The van der Waals surface area contributed by atoms with Crippen molar-refractivity contribution in [3.05, 3.63) is 35.9 Å². The van der Waals surface area contributed by atoms with Crippen molar-refractivity contribution in [3.8, 4) is 0 Å². The van der Waals surface area contributed by atoms with E-state index >= 15 is 0 Å². The summed E-state index contributed by atoms with van der Waals surface area (Å²) in [5.74, 6) is -2.37. The third-order valence-corrected chi connectivity index (χ3v) is 13.0. The van der Waals surface area contributed by atoms with Crippen LogP contribution in [0, 0.1) is 23.7 Å². The maximum absolute atomic E-state index is 14.4. The molecule has 0 radical (unpaired) electrons. The molecule has 0 aliphatic carbocycles. The molecule has 0 spiro atoms. The average molecular weight is 875 g/mol. The van der Waals surface area contributed by atoms with E-state index in [2.05, 4.69) is 25.3 Å². The van der Waals surface area contributed by atoms with E-state index in [1.54, 1.807) is 30.9 Å². The monoisotopic (exact) mass is 874 g/mol. The molecular formula is C43H70N8O7S2. The van der Waals surface area contributed by atoms with Crippen molar-refractivity contribution in [1.82, 2.24) is 34.7 Å². The summed E-state index contributed by atoms with van der Waals surface area (Å²) in [7, 11) is 8.52. The number of methoxy groups -OCH3 is 2. The lowest BCUT2D eigenvalue weighted by Gasteiger charge is -2.41. The Kier molecular flexibility index (Phi) is 20.4. The van der Waals surface area contributed by atoms with Gasteiger partial charge >= 0.3 is 0 Å². The van der Waals surface area contributed by atoms with E-state index in [1.165, 1.54) is 18.9 Å². The summed E-state index contributed by atoms with van der Waals surface area (Å²) in [4.78, 5) is 79.4. The lowest BCUT2D eigenvalue weighted by Crippen LogP contribution is -2.59. The highest BCUT2D eigenvalue weighted by Crippen LogP contribution is 2.30. The minimum absolute atomic E-state index is 0.00538. The maximum atomic E-state index is 14.4. The van der Waals surface area contributed by atoms with Gasteiger partial charge in [-0.2, -0.15) is 9.36 Å². The zero-order valence-corrected chi connectivity index (χ0v) is 39.5. The largest absolute Gasteiger partial charge is 0.379 e. The molecule has 0 bridgehead atoms. The first kappa shape index (κ1) is 50.7. The first-order valence-electron chi connectivity index (χ1n) is 21.0. The number of hydrogen-bond donors (Lipinski definition) is 3. The molecule has 17 heteroatoms. The van der Waals surface area contributed by atoms with Gasteiger partial charge in [-0.15, -0.1) is 0 Å². The van der Waals surface area contributed by atoms with Crippen molar-refractivity contribution in [2.24, 2.45) is 23.7 Å². The second-order valence-electron chi connectivity index (χ2n) is 16.8. The lowest BCUT2D eigenvalue weighted by molar-refractivity contribution is -0.148. The summed E-state index contributed by atoms with van der Waals surface area (Å²) in [6.07, 6.45) is 2.82. The van der Waals surface area contributed by atoms with Crippen molar-refractivity contribution < 1.29 is 33.4 Å². The van der Waals surface area contributed by atoms with Gasteiger partial charge in [-0.05, 0) is 56.5 Å². The molecule has 1 aromatic carbocycles. The van der Waals surface area contributed by atoms with E-state index in [1.807, 2.05) is 97.1 Å². The fraction of sp³-hybridized carbons (Fsp3) is 0.698. The van der Waals surface area contributed by atoms with Crippen LogP contribution in [0.4, 0.5) is 5.13 Å². The maximum Gasteiger partial charge on any atom is 0.249 e. The second-order valence-corrected chi connectivity index (χ2v) is 18.3. The molecule has 2 heterocycles. The third kappa shape index (κ3) is 13.4. The van der Waals surface area contributed by atoms with Crippen LogP contribution in [0.25, 0.3) is 0 Å². The number of ether oxygens (including phenoxy) is 2. The number of nitrogens with zero attached hydrogens (tertiary/aromatic N) is 5. The van der Waals surface area contributed by atoms with Crippen molar-refractivity contribution in [1.29, 1.82) is 0 Å². The molecule has 1 aliphatic heterocycles. The van der Waals surface area contributed by atoms with Crippen molar-refractivity contribution in [2.75, 3.05) is 53.5 Å². The van der Waals surface area contributed by atoms with Gasteiger partial charge in [0.25, 0.3) is 0 Å². The van der Waals surface area contributed by atoms with E-state index < -0.39 is 54.2 Å². The van der Waals surface area contributed by atoms with Gasteiger partial charge < -0.3 is 29.9 Å². The molecule has 15 nitrogen and oxygen atoms in total. The molecule has 60 heavy (non-hydrogen) atoms. The van der Waals surface area contributed by atoms with Crippen LogP contribution < -0.4 is 16.0 Å². The number of likely N-dealkylation sites (tertiary alicyclic amines) is 1. The summed E-state index contributed by atoms with van der Waals surface area (Å²) < 4.78 is 16.3. The Labute approximate surface area is 366 Å². The number of hydrogen-bond acceptors (Lipinski definition) is 12. The third-order valence-electron chi connectivity index (χ3n) is 11.7. The minimum atomic E-state index is -0.921. The van der Waals surface area contributed by atoms with Crippen molar-refractivity contribution >= 4 is 58.0 Å². The Bertz CT molecular complexity index is 1690. The number of carbonyl (C=O) groups excluding carboxylic acids is 5. The van der Waals surface area contributed by atoms with Gasteiger partial charge in [-0.1, -0.05) is 97.0 Å². The number of amides is 5. The smallest absolute Gasteiger partial charge is 0.249 e. The lowest BCUT2D eigenvalue weighted by atomic mass is 9.89. The zero-order valence-electron chi connectivity index (χ0n) is 37.9. The molecule has 3 N–H and O–H groups in total. The Morgan fingerprint density at radius 3 is 2.13 bits per heavy atom. The minimum Gasteiger partial charge on any atom is -0.379 e. The predicted octanol–water partition coefficient (Wildman–Crippen LogP) is 4.57. The summed E-state index contributed by atoms with van der Waals surface area (Å²) in [5, 5.41) is 9.69. The normalized spacial score (nSPS) is 18.3. The molecule has 5 amide bonds. The molecular weight excluding hydrogens is 805 g/mol. The molecule has 1 saturated heterocycles. The highest BCUT2D eigenvalue weighted by Gasteiger charge is 2.43. The summed E-state index contributed by atoms with van der Waals surface area (Å²) in [6.45, 7) is 14.1. The molecule has 2 aromatic rings. The van der Waals surface area contributed by atoms with E-state index in [-0.39, 0.29) is 54.2 Å². The summed E-state index contributed by atoms with van der Waals surface area (Å²) >= 11 is 2.44. The van der Waals surface area contributed by atoms with Crippen molar-refractivity contribution in [3.63, 3.8) is 0 Å². The van der Waals surface area contributed by atoms with Gasteiger partial charge in [0.1, 0.15) is 12.1 Å². The molecule has 0 saturated carbocycles. The Hall–Kier alpha value is -3.64. The molecule has 1 aliphatic rings. The highest BCUT2D eigenvalue weighted by atomic mass is 32.2.